The van der Waals surface area contributed by atoms with E-state index in [0.717, 1.165) is 10.0 Å². The molecule has 1 N–H and O–H groups in total. The molecule has 1 amide bonds. The first-order chi connectivity index (χ1) is 8.50. The maximum absolute atomic E-state index is 12.4. The van der Waals surface area contributed by atoms with Crippen LogP contribution in [0.2, 0.25) is 0 Å². The van der Waals surface area contributed by atoms with E-state index in [0.29, 0.717) is 17.2 Å². The number of thioether (sulfide) groups is 1. The second-order valence-electron chi connectivity index (χ2n) is 4.09. The maximum Gasteiger partial charge on any atom is 0.327 e. The summed E-state index contributed by atoms with van der Waals surface area (Å²) in [5, 5.41) is 9.09. The lowest BCUT2D eigenvalue weighted by atomic mass is 10.1. The van der Waals surface area contributed by atoms with Gasteiger partial charge in [-0.2, -0.15) is 0 Å². The summed E-state index contributed by atoms with van der Waals surface area (Å²) in [4.78, 5) is 24.9. The lowest BCUT2D eigenvalue weighted by molar-refractivity contribution is -0.140. The number of carbonyl (C=O) groups is 2. The van der Waals surface area contributed by atoms with Gasteiger partial charge in [-0.25, -0.2) is 4.79 Å². The minimum absolute atomic E-state index is 0.216. The quantitative estimate of drug-likeness (QED) is 0.904. The number of carboxylic acid groups (broad SMARTS) is 1. The third-order valence-electron chi connectivity index (χ3n) is 2.86. The minimum atomic E-state index is -0.944. The lowest BCUT2D eigenvalue weighted by Gasteiger charge is -2.21. The molecule has 0 aliphatic carbocycles. The van der Waals surface area contributed by atoms with Crippen LogP contribution in [0.15, 0.2) is 22.7 Å². The van der Waals surface area contributed by atoms with Crippen molar-refractivity contribution in [2.24, 2.45) is 0 Å². The molecule has 18 heavy (non-hydrogen) atoms. The van der Waals surface area contributed by atoms with E-state index in [2.05, 4.69) is 15.9 Å². The molecular formula is C12H12BrNO3S. The Morgan fingerprint density at radius 2 is 2.22 bits per heavy atom. The zero-order valence-electron chi connectivity index (χ0n) is 9.72. The average Bonchev–Trinajstić information content (AvgIpc) is 2.80. The molecule has 0 aromatic heterocycles. The molecular weight excluding hydrogens is 318 g/mol. The summed E-state index contributed by atoms with van der Waals surface area (Å²) in [7, 11) is 0. The van der Waals surface area contributed by atoms with Gasteiger partial charge in [0.1, 0.15) is 6.04 Å². The van der Waals surface area contributed by atoms with E-state index in [-0.39, 0.29) is 5.91 Å². The van der Waals surface area contributed by atoms with Crippen molar-refractivity contribution in [3.63, 3.8) is 0 Å². The number of aryl methyl sites for hydroxylation is 1. The van der Waals surface area contributed by atoms with Crippen molar-refractivity contribution in [3.05, 3.63) is 33.8 Å². The average molecular weight is 330 g/mol. The second kappa shape index (κ2) is 5.32. The number of hydrogen-bond donors (Lipinski definition) is 1. The van der Waals surface area contributed by atoms with E-state index in [1.54, 1.807) is 6.07 Å². The molecule has 0 spiro atoms. The Hall–Kier alpha value is -1.01. The van der Waals surface area contributed by atoms with Crippen LogP contribution in [0.4, 0.5) is 0 Å². The smallest absolute Gasteiger partial charge is 0.327 e. The van der Waals surface area contributed by atoms with Gasteiger partial charge in [0, 0.05) is 15.8 Å². The summed E-state index contributed by atoms with van der Waals surface area (Å²) in [5.41, 5.74) is 1.40. The number of amides is 1. The van der Waals surface area contributed by atoms with Crippen LogP contribution >= 0.6 is 27.7 Å². The SMILES string of the molecule is Cc1ccc(Br)cc1C(=O)N1CSCC1C(=O)O. The van der Waals surface area contributed by atoms with Crippen LogP contribution in [0.1, 0.15) is 15.9 Å². The molecule has 1 aliphatic rings. The number of hydrogen-bond acceptors (Lipinski definition) is 3. The highest BCUT2D eigenvalue weighted by molar-refractivity contribution is 9.10. The van der Waals surface area contributed by atoms with Crippen molar-refractivity contribution >= 4 is 39.6 Å². The van der Waals surface area contributed by atoms with E-state index >= 15 is 0 Å². The van der Waals surface area contributed by atoms with Gasteiger partial charge in [-0.1, -0.05) is 22.0 Å². The number of carbonyl (C=O) groups excluding carboxylic acids is 1. The Labute approximate surface area is 117 Å². The highest BCUT2D eigenvalue weighted by Gasteiger charge is 2.35. The molecule has 2 rings (SSSR count). The molecule has 96 valence electrons. The summed E-state index contributed by atoms with van der Waals surface area (Å²) in [6.07, 6.45) is 0. The Balaban J connectivity index is 2.31. The predicted molar refractivity (Wildman–Crippen MR) is 73.8 cm³/mol. The van der Waals surface area contributed by atoms with Gasteiger partial charge in [0.05, 0.1) is 5.88 Å². The predicted octanol–water partition coefficient (Wildman–Crippen LogP) is 2.36. The summed E-state index contributed by atoms with van der Waals surface area (Å²) < 4.78 is 0.815. The van der Waals surface area contributed by atoms with Crippen molar-refractivity contribution in [1.29, 1.82) is 0 Å². The van der Waals surface area contributed by atoms with Crippen LogP contribution in [-0.2, 0) is 4.79 Å². The molecule has 1 heterocycles. The van der Waals surface area contributed by atoms with Crippen LogP contribution in [0, 0.1) is 6.92 Å². The first-order valence-electron chi connectivity index (χ1n) is 5.38. The number of halogens is 1. The van der Waals surface area contributed by atoms with Gasteiger partial charge < -0.3 is 10.0 Å². The highest BCUT2D eigenvalue weighted by Crippen LogP contribution is 2.25. The van der Waals surface area contributed by atoms with Crippen LogP contribution in [0.5, 0.6) is 0 Å². The van der Waals surface area contributed by atoms with Gasteiger partial charge in [0.2, 0.25) is 0 Å². The number of aliphatic carboxylic acids is 1. The molecule has 0 radical (unpaired) electrons. The number of nitrogens with zero attached hydrogens (tertiary/aromatic N) is 1. The maximum atomic E-state index is 12.4. The summed E-state index contributed by atoms with van der Waals surface area (Å²) in [6, 6.07) is 4.72. The van der Waals surface area contributed by atoms with E-state index in [1.807, 2.05) is 19.1 Å². The van der Waals surface area contributed by atoms with E-state index in [4.69, 9.17) is 5.11 Å². The van der Waals surface area contributed by atoms with Crippen LogP contribution in [-0.4, -0.2) is 39.6 Å². The molecule has 4 nitrogen and oxygen atoms in total. The summed E-state index contributed by atoms with van der Waals surface area (Å²) in [6.45, 7) is 1.85. The second-order valence-corrected chi connectivity index (χ2v) is 6.00. The largest absolute Gasteiger partial charge is 0.480 e. The Morgan fingerprint density at radius 1 is 1.50 bits per heavy atom. The summed E-state index contributed by atoms with van der Waals surface area (Å²) in [5.74, 6) is -0.275. The Kier molecular flexibility index (Phi) is 3.97. The highest BCUT2D eigenvalue weighted by atomic mass is 79.9. The summed E-state index contributed by atoms with van der Waals surface area (Å²) >= 11 is 4.79. The minimum Gasteiger partial charge on any atom is -0.480 e. The number of rotatable bonds is 2. The van der Waals surface area contributed by atoms with Gasteiger partial charge >= 0.3 is 5.97 Å². The molecule has 0 saturated carbocycles. The molecule has 1 aromatic rings. The monoisotopic (exact) mass is 329 g/mol. The molecule has 1 aliphatic heterocycles. The first-order valence-corrected chi connectivity index (χ1v) is 7.33. The standard InChI is InChI=1S/C12H12BrNO3S/c1-7-2-3-8(13)4-9(7)11(15)14-6-18-5-10(14)12(16)17/h2-4,10H,5-6H2,1H3,(H,16,17). The molecule has 1 atom stereocenters. The molecule has 1 fully saturated rings. The number of benzene rings is 1. The third-order valence-corrected chi connectivity index (χ3v) is 4.36. The van der Waals surface area contributed by atoms with Crippen LogP contribution in [0.25, 0.3) is 0 Å². The van der Waals surface area contributed by atoms with Gasteiger partial charge in [0.15, 0.2) is 0 Å². The molecule has 1 saturated heterocycles. The van der Waals surface area contributed by atoms with E-state index in [9.17, 15) is 9.59 Å². The topological polar surface area (TPSA) is 57.6 Å². The van der Waals surface area contributed by atoms with Crippen molar-refractivity contribution in [1.82, 2.24) is 4.90 Å². The van der Waals surface area contributed by atoms with E-state index in [1.165, 1.54) is 16.7 Å². The zero-order chi connectivity index (χ0) is 13.3. The van der Waals surface area contributed by atoms with Gasteiger partial charge in [-0.3, -0.25) is 4.79 Å². The zero-order valence-corrected chi connectivity index (χ0v) is 12.1. The number of carboxylic acids is 1. The van der Waals surface area contributed by atoms with Crippen molar-refractivity contribution < 1.29 is 14.7 Å². The molecule has 6 heteroatoms. The van der Waals surface area contributed by atoms with Crippen molar-refractivity contribution in [2.75, 3.05) is 11.6 Å². The van der Waals surface area contributed by atoms with Crippen molar-refractivity contribution in [3.8, 4) is 0 Å². The fourth-order valence-corrected chi connectivity index (χ4v) is 3.33. The van der Waals surface area contributed by atoms with Crippen LogP contribution in [0.3, 0.4) is 0 Å². The Morgan fingerprint density at radius 3 is 2.89 bits per heavy atom. The fourth-order valence-electron chi connectivity index (χ4n) is 1.83. The van der Waals surface area contributed by atoms with Gasteiger partial charge in [0.25, 0.3) is 5.91 Å². The lowest BCUT2D eigenvalue weighted by Crippen LogP contribution is -2.42. The first kappa shape index (κ1) is 13.4. The van der Waals surface area contributed by atoms with Gasteiger partial charge in [-0.05, 0) is 24.6 Å². The fraction of sp³-hybridized carbons (Fsp3) is 0.333. The molecule has 0 bridgehead atoms. The molecule has 1 unspecified atom stereocenters. The van der Waals surface area contributed by atoms with Gasteiger partial charge in [-0.15, -0.1) is 11.8 Å². The molecule has 1 aromatic carbocycles. The van der Waals surface area contributed by atoms with Crippen LogP contribution < -0.4 is 0 Å². The van der Waals surface area contributed by atoms with Crippen molar-refractivity contribution in [2.45, 2.75) is 13.0 Å². The normalized spacial score (nSPS) is 19.0. The third kappa shape index (κ3) is 2.54. The Bertz CT molecular complexity index is 506. The van der Waals surface area contributed by atoms with E-state index < -0.39 is 12.0 Å².